The predicted molar refractivity (Wildman–Crippen MR) is 80.2 cm³/mol. The van der Waals surface area contributed by atoms with Gasteiger partial charge in [0.15, 0.2) is 0 Å². The van der Waals surface area contributed by atoms with Gasteiger partial charge in [0.05, 0.1) is 0 Å². The molecule has 0 unspecified atom stereocenters. The highest BCUT2D eigenvalue weighted by Gasteiger charge is 2.26. The molecule has 0 aromatic carbocycles. The molecule has 0 bridgehead atoms. The molecule has 5 nitrogen and oxygen atoms in total. The van der Waals surface area contributed by atoms with Gasteiger partial charge in [0.2, 0.25) is 10.0 Å². The molecule has 0 atom stereocenters. The van der Waals surface area contributed by atoms with Gasteiger partial charge in [-0.05, 0) is 37.3 Å². The van der Waals surface area contributed by atoms with E-state index in [1.165, 1.54) is 16.9 Å². The fourth-order valence-corrected chi connectivity index (χ4v) is 3.40. The van der Waals surface area contributed by atoms with Crippen LogP contribution in [0.25, 0.3) is 0 Å². The molecule has 1 saturated carbocycles. The van der Waals surface area contributed by atoms with Gasteiger partial charge in [0.25, 0.3) is 0 Å². The van der Waals surface area contributed by atoms with E-state index in [2.05, 4.69) is 17.2 Å². The van der Waals surface area contributed by atoms with Crippen LogP contribution in [-0.4, -0.2) is 37.8 Å². The van der Waals surface area contributed by atoms with Gasteiger partial charge >= 0.3 is 0 Å². The van der Waals surface area contributed by atoms with Gasteiger partial charge in [-0.1, -0.05) is 13.3 Å². The minimum absolute atomic E-state index is 0.265. The SMILES string of the molecule is CCCNc1ccc(S(=O)(=O)N(C)CC2CCC2)cn1. The Kier molecular flexibility index (Phi) is 4.99. The van der Waals surface area contributed by atoms with E-state index in [1.807, 2.05) is 0 Å². The maximum Gasteiger partial charge on any atom is 0.244 e. The molecular formula is C14H23N3O2S. The molecule has 0 radical (unpaired) electrons. The standard InChI is InChI=1S/C14H23N3O2S/c1-3-9-15-14-8-7-13(10-16-14)20(18,19)17(2)11-12-5-4-6-12/h7-8,10,12H,3-6,9,11H2,1-2H3,(H,15,16). The maximum atomic E-state index is 12.4. The number of anilines is 1. The van der Waals surface area contributed by atoms with Crippen LogP contribution < -0.4 is 5.32 Å². The summed E-state index contributed by atoms with van der Waals surface area (Å²) in [5, 5.41) is 3.13. The van der Waals surface area contributed by atoms with Crippen molar-refractivity contribution in [2.45, 2.75) is 37.5 Å². The molecular weight excluding hydrogens is 274 g/mol. The van der Waals surface area contributed by atoms with Crippen molar-refractivity contribution in [2.24, 2.45) is 5.92 Å². The molecule has 1 aliphatic carbocycles. The average molecular weight is 297 g/mol. The monoisotopic (exact) mass is 297 g/mol. The molecule has 1 heterocycles. The summed E-state index contributed by atoms with van der Waals surface area (Å²) in [5.74, 6) is 1.24. The zero-order chi connectivity index (χ0) is 14.6. The molecule has 0 saturated heterocycles. The van der Waals surface area contributed by atoms with Crippen molar-refractivity contribution in [1.29, 1.82) is 0 Å². The first kappa shape index (κ1) is 15.3. The van der Waals surface area contributed by atoms with Gasteiger partial charge in [-0.2, -0.15) is 0 Å². The normalized spacial score (nSPS) is 16.1. The van der Waals surface area contributed by atoms with Crippen LogP contribution in [0.15, 0.2) is 23.2 Å². The molecule has 0 spiro atoms. The lowest BCUT2D eigenvalue weighted by atomic mass is 9.86. The van der Waals surface area contributed by atoms with Crippen LogP contribution in [0.3, 0.4) is 0 Å². The Morgan fingerprint density at radius 3 is 2.65 bits per heavy atom. The number of sulfonamides is 1. The number of pyridine rings is 1. The second kappa shape index (κ2) is 6.54. The molecule has 112 valence electrons. The zero-order valence-electron chi connectivity index (χ0n) is 12.2. The van der Waals surface area contributed by atoms with Gasteiger partial charge in [0.1, 0.15) is 10.7 Å². The zero-order valence-corrected chi connectivity index (χ0v) is 13.0. The summed E-state index contributed by atoms with van der Waals surface area (Å²) in [6.45, 7) is 3.51. The largest absolute Gasteiger partial charge is 0.370 e. The molecule has 0 aliphatic heterocycles. The Bertz CT molecular complexity index is 524. The predicted octanol–water partition coefficient (Wildman–Crippen LogP) is 2.32. The lowest BCUT2D eigenvalue weighted by Crippen LogP contribution is -2.34. The van der Waals surface area contributed by atoms with Gasteiger partial charge in [-0.25, -0.2) is 17.7 Å². The quantitative estimate of drug-likeness (QED) is 0.839. The van der Waals surface area contributed by atoms with Crippen molar-refractivity contribution >= 4 is 15.8 Å². The number of nitrogens with one attached hydrogen (secondary N) is 1. The van der Waals surface area contributed by atoms with Crippen LogP contribution in [0.1, 0.15) is 32.6 Å². The lowest BCUT2D eigenvalue weighted by Gasteiger charge is -2.29. The molecule has 1 aromatic heterocycles. The van der Waals surface area contributed by atoms with Crippen LogP contribution in [0.2, 0.25) is 0 Å². The smallest absolute Gasteiger partial charge is 0.244 e. The van der Waals surface area contributed by atoms with Crippen molar-refractivity contribution in [2.75, 3.05) is 25.5 Å². The van der Waals surface area contributed by atoms with E-state index in [0.717, 1.165) is 25.8 Å². The van der Waals surface area contributed by atoms with E-state index in [-0.39, 0.29) is 4.90 Å². The minimum Gasteiger partial charge on any atom is -0.370 e. The van der Waals surface area contributed by atoms with E-state index in [1.54, 1.807) is 19.2 Å². The lowest BCUT2D eigenvalue weighted by molar-refractivity contribution is 0.263. The second-order valence-corrected chi connectivity index (χ2v) is 7.43. The van der Waals surface area contributed by atoms with E-state index < -0.39 is 10.0 Å². The van der Waals surface area contributed by atoms with Crippen LogP contribution in [0, 0.1) is 5.92 Å². The number of hydrogen-bond acceptors (Lipinski definition) is 4. The van der Waals surface area contributed by atoms with Crippen LogP contribution in [-0.2, 0) is 10.0 Å². The van der Waals surface area contributed by atoms with Crippen molar-refractivity contribution in [3.63, 3.8) is 0 Å². The van der Waals surface area contributed by atoms with Gasteiger partial charge in [-0.15, -0.1) is 0 Å². The Labute approximate surface area is 121 Å². The van der Waals surface area contributed by atoms with E-state index in [9.17, 15) is 8.42 Å². The maximum absolute atomic E-state index is 12.4. The fraction of sp³-hybridized carbons (Fsp3) is 0.643. The summed E-state index contributed by atoms with van der Waals surface area (Å²) in [4.78, 5) is 4.43. The van der Waals surface area contributed by atoms with Crippen LogP contribution in [0.5, 0.6) is 0 Å². The Hall–Kier alpha value is -1.14. The molecule has 1 fully saturated rings. The summed E-state index contributed by atoms with van der Waals surface area (Å²) in [6.07, 6.45) is 5.93. The Morgan fingerprint density at radius 2 is 2.15 bits per heavy atom. The van der Waals surface area contributed by atoms with Gasteiger partial charge in [0, 0.05) is 26.3 Å². The molecule has 2 rings (SSSR count). The first-order valence-electron chi connectivity index (χ1n) is 7.20. The first-order chi connectivity index (χ1) is 9.54. The second-order valence-electron chi connectivity index (χ2n) is 5.39. The van der Waals surface area contributed by atoms with Crippen molar-refractivity contribution in [1.82, 2.24) is 9.29 Å². The Morgan fingerprint density at radius 1 is 1.40 bits per heavy atom. The summed E-state index contributed by atoms with van der Waals surface area (Å²) >= 11 is 0. The number of hydrogen-bond donors (Lipinski definition) is 1. The highest BCUT2D eigenvalue weighted by Crippen LogP contribution is 2.28. The highest BCUT2D eigenvalue weighted by molar-refractivity contribution is 7.89. The average Bonchev–Trinajstić information content (AvgIpc) is 2.40. The highest BCUT2D eigenvalue weighted by atomic mass is 32.2. The third-order valence-corrected chi connectivity index (χ3v) is 5.55. The van der Waals surface area contributed by atoms with Crippen LogP contribution in [0.4, 0.5) is 5.82 Å². The van der Waals surface area contributed by atoms with Gasteiger partial charge in [-0.3, -0.25) is 0 Å². The first-order valence-corrected chi connectivity index (χ1v) is 8.64. The molecule has 1 aromatic rings. The molecule has 20 heavy (non-hydrogen) atoms. The summed E-state index contributed by atoms with van der Waals surface area (Å²) in [6, 6.07) is 3.34. The third kappa shape index (κ3) is 3.49. The summed E-state index contributed by atoms with van der Waals surface area (Å²) < 4.78 is 26.2. The van der Waals surface area contributed by atoms with Crippen molar-refractivity contribution < 1.29 is 8.42 Å². The van der Waals surface area contributed by atoms with Gasteiger partial charge < -0.3 is 5.32 Å². The third-order valence-electron chi connectivity index (χ3n) is 3.74. The molecule has 6 heteroatoms. The molecule has 1 aliphatic rings. The van der Waals surface area contributed by atoms with E-state index >= 15 is 0 Å². The fourth-order valence-electron chi connectivity index (χ4n) is 2.21. The number of aromatic nitrogens is 1. The van der Waals surface area contributed by atoms with Crippen LogP contribution >= 0.6 is 0 Å². The molecule has 0 amide bonds. The summed E-state index contributed by atoms with van der Waals surface area (Å²) in [5.41, 5.74) is 0. The van der Waals surface area contributed by atoms with Crippen molar-refractivity contribution in [3.8, 4) is 0 Å². The van der Waals surface area contributed by atoms with Crippen molar-refractivity contribution in [3.05, 3.63) is 18.3 Å². The Balaban J connectivity index is 2.04. The molecule has 1 N–H and O–H groups in total. The summed E-state index contributed by atoms with van der Waals surface area (Å²) in [7, 11) is -1.75. The van der Waals surface area contributed by atoms with E-state index in [0.29, 0.717) is 18.3 Å². The number of rotatable bonds is 7. The number of nitrogens with zero attached hydrogens (tertiary/aromatic N) is 2. The van der Waals surface area contributed by atoms with E-state index in [4.69, 9.17) is 0 Å². The minimum atomic E-state index is -3.40. The topological polar surface area (TPSA) is 62.3 Å².